The maximum atomic E-state index is 12.3. The summed E-state index contributed by atoms with van der Waals surface area (Å²) in [6.07, 6.45) is 1.02. The predicted octanol–water partition coefficient (Wildman–Crippen LogP) is 2.57. The van der Waals surface area contributed by atoms with Gasteiger partial charge in [-0.3, -0.25) is 4.79 Å². The number of benzene rings is 1. The summed E-state index contributed by atoms with van der Waals surface area (Å²) in [6, 6.07) is 5.15. The van der Waals surface area contributed by atoms with E-state index in [4.69, 9.17) is 0 Å². The van der Waals surface area contributed by atoms with Crippen LogP contribution in [0.5, 0.6) is 5.75 Å². The number of aryl methyl sites for hydroxylation is 1. The van der Waals surface area contributed by atoms with E-state index in [0.29, 0.717) is 5.56 Å². The van der Waals surface area contributed by atoms with E-state index in [2.05, 4.69) is 13.8 Å². The molecule has 0 aromatic heterocycles. The van der Waals surface area contributed by atoms with Crippen molar-refractivity contribution in [3.8, 4) is 5.75 Å². The molecule has 17 heavy (non-hydrogen) atoms. The van der Waals surface area contributed by atoms with Crippen molar-refractivity contribution in [1.29, 1.82) is 0 Å². The second-order valence-corrected chi connectivity index (χ2v) is 5.66. The third-order valence-electron chi connectivity index (χ3n) is 3.35. The van der Waals surface area contributed by atoms with Crippen LogP contribution >= 0.6 is 0 Å². The first-order valence-electron chi connectivity index (χ1n) is 5.98. The lowest BCUT2D eigenvalue weighted by atomic mass is 9.93. The quantitative estimate of drug-likeness (QED) is 0.810. The second kappa shape index (κ2) is 4.06. The van der Waals surface area contributed by atoms with Gasteiger partial charge in [0.05, 0.1) is 5.56 Å². The van der Waals surface area contributed by atoms with Gasteiger partial charge >= 0.3 is 0 Å². The lowest BCUT2D eigenvalue weighted by molar-refractivity contribution is 0.0775. The number of nitrogens with zero attached hydrogens (tertiary/aromatic N) is 1. The number of rotatable bonds is 1. The van der Waals surface area contributed by atoms with Crippen molar-refractivity contribution >= 4 is 5.91 Å². The van der Waals surface area contributed by atoms with Crippen molar-refractivity contribution in [3.05, 3.63) is 29.3 Å². The van der Waals surface area contributed by atoms with Crippen molar-refractivity contribution in [1.82, 2.24) is 4.90 Å². The Morgan fingerprint density at radius 1 is 1.41 bits per heavy atom. The van der Waals surface area contributed by atoms with Crippen LogP contribution in [-0.4, -0.2) is 29.0 Å². The molecule has 1 aliphatic heterocycles. The summed E-state index contributed by atoms with van der Waals surface area (Å²) in [4.78, 5) is 14.1. The second-order valence-electron chi connectivity index (χ2n) is 5.66. The molecule has 1 aromatic rings. The number of hydrogen-bond acceptors (Lipinski definition) is 2. The normalized spacial score (nSPS) is 18.4. The smallest absolute Gasteiger partial charge is 0.257 e. The largest absolute Gasteiger partial charge is 0.507 e. The fraction of sp³-hybridized carbons (Fsp3) is 0.500. The zero-order chi connectivity index (χ0) is 12.6. The van der Waals surface area contributed by atoms with Gasteiger partial charge in [-0.25, -0.2) is 0 Å². The van der Waals surface area contributed by atoms with Crippen LogP contribution in [0, 0.1) is 12.3 Å². The summed E-state index contributed by atoms with van der Waals surface area (Å²) >= 11 is 0. The molecular weight excluding hydrogens is 214 g/mol. The molecular formula is C14H19NO2. The average Bonchev–Trinajstić information content (AvgIpc) is 2.61. The van der Waals surface area contributed by atoms with Gasteiger partial charge in [-0.05, 0) is 30.9 Å². The molecule has 0 spiro atoms. The minimum absolute atomic E-state index is 0.0585. The van der Waals surface area contributed by atoms with E-state index >= 15 is 0 Å². The van der Waals surface area contributed by atoms with Crippen LogP contribution < -0.4 is 0 Å². The van der Waals surface area contributed by atoms with E-state index in [0.717, 1.165) is 25.1 Å². The van der Waals surface area contributed by atoms with Crippen molar-refractivity contribution in [2.24, 2.45) is 5.41 Å². The Kier molecular flexibility index (Phi) is 2.86. The minimum Gasteiger partial charge on any atom is -0.507 e. The number of carbonyl (C=O) groups excluding carboxylic acids is 1. The van der Waals surface area contributed by atoms with Gasteiger partial charge in [0.1, 0.15) is 5.75 Å². The highest BCUT2D eigenvalue weighted by molar-refractivity contribution is 5.97. The zero-order valence-electron chi connectivity index (χ0n) is 10.7. The van der Waals surface area contributed by atoms with Crippen molar-refractivity contribution in [3.63, 3.8) is 0 Å². The fourth-order valence-electron chi connectivity index (χ4n) is 2.28. The van der Waals surface area contributed by atoms with Crippen LogP contribution in [0.2, 0.25) is 0 Å². The van der Waals surface area contributed by atoms with Crippen molar-refractivity contribution in [2.75, 3.05) is 13.1 Å². The molecule has 1 aromatic carbocycles. The number of carbonyl (C=O) groups is 1. The number of phenols is 1. The Labute approximate surface area is 102 Å². The molecule has 1 N–H and O–H groups in total. The van der Waals surface area contributed by atoms with E-state index in [-0.39, 0.29) is 17.1 Å². The molecule has 1 fully saturated rings. The summed E-state index contributed by atoms with van der Waals surface area (Å²) in [6.45, 7) is 7.79. The maximum absolute atomic E-state index is 12.3. The average molecular weight is 233 g/mol. The predicted molar refractivity (Wildman–Crippen MR) is 67.1 cm³/mol. The molecule has 1 saturated heterocycles. The molecule has 0 radical (unpaired) electrons. The van der Waals surface area contributed by atoms with Crippen LogP contribution in [-0.2, 0) is 0 Å². The van der Waals surface area contributed by atoms with Gasteiger partial charge in [0.25, 0.3) is 5.91 Å². The summed E-state index contributed by atoms with van der Waals surface area (Å²) in [7, 11) is 0. The molecule has 1 aliphatic rings. The zero-order valence-corrected chi connectivity index (χ0v) is 10.7. The van der Waals surface area contributed by atoms with Crippen molar-refractivity contribution in [2.45, 2.75) is 27.2 Å². The van der Waals surface area contributed by atoms with Crippen molar-refractivity contribution < 1.29 is 9.90 Å². The van der Waals surface area contributed by atoms with E-state index in [1.165, 1.54) is 0 Å². The number of likely N-dealkylation sites (tertiary alicyclic amines) is 1. The van der Waals surface area contributed by atoms with Crippen LogP contribution in [0.1, 0.15) is 36.2 Å². The molecule has 0 bridgehead atoms. The molecule has 2 rings (SSSR count). The first kappa shape index (κ1) is 12.0. The third kappa shape index (κ3) is 2.43. The van der Waals surface area contributed by atoms with Crippen LogP contribution in [0.25, 0.3) is 0 Å². The standard InChI is InChI=1S/C14H19NO2/c1-10-4-5-12(16)11(8-10)13(17)15-7-6-14(2,3)9-15/h4-5,8,16H,6-7,9H2,1-3H3. The Morgan fingerprint density at radius 2 is 2.12 bits per heavy atom. The SMILES string of the molecule is Cc1ccc(O)c(C(=O)N2CCC(C)(C)C2)c1. The molecule has 1 amide bonds. The lowest BCUT2D eigenvalue weighted by Crippen LogP contribution is -2.30. The Balaban J connectivity index is 2.23. The van der Waals surface area contributed by atoms with Crippen LogP contribution in [0.4, 0.5) is 0 Å². The molecule has 0 unspecified atom stereocenters. The van der Waals surface area contributed by atoms with E-state index < -0.39 is 0 Å². The van der Waals surface area contributed by atoms with Gasteiger partial charge in [0.15, 0.2) is 0 Å². The fourth-order valence-corrected chi connectivity index (χ4v) is 2.28. The maximum Gasteiger partial charge on any atom is 0.257 e. The summed E-state index contributed by atoms with van der Waals surface area (Å²) in [5, 5.41) is 9.75. The number of amides is 1. The molecule has 0 aliphatic carbocycles. The number of aromatic hydroxyl groups is 1. The first-order valence-corrected chi connectivity index (χ1v) is 5.98. The lowest BCUT2D eigenvalue weighted by Gasteiger charge is -2.20. The number of hydrogen-bond donors (Lipinski definition) is 1. The van der Waals surface area contributed by atoms with Gasteiger partial charge in [-0.15, -0.1) is 0 Å². The molecule has 0 atom stereocenters. The van der Waals surface area contributed by atoms with Crippen LogP contribution in [0.3, 0.4) is 0 Å². The van der Waals surface area contributed by atoms with Crippen LogP contribution in [0.15, 0.2) is 18.2 Å². The molecule has 1 heterocycles. The van der Waals surface area contributed by atoms with Gasteiger partial charge in [0.2, 0.25) is 0 Å². The van der Waals surface area contributed by atoms with Gasteiger partial charge in [-0.1, -0.05) is 25.5 Å². The Hall–Kier alpha value is -1.51. The summed E-state index contributed by atoms with van der Waals surface area (Å²) < 4.78 is 0. The monoisotopic (exact) mass is 233 g/mol. The third-order valence-corrected chi connectivity index (χ3v) is 3.35. The Morgan fingerprint density at radius 3 is 2.71 bits per heavy atom. The number of phenolic OH excluding ortho intramolecular Hbond substituents is 1. The Bertz CT molecular complexity index is 452. The molecule has 3 heteroatoms. The highest BCUT2D eigenvalue weighted by Crippen LogP contribution is 2.31. The van der Waals surface area contributed by atoms with E-state index in [9.17, 15) is 9.90 Å². The van der Waals surface area contributed by atoms with E-state index in [1.807, 2.05) is 11.8 Å². The van der Waals surface area contributed by atoms with Gasteiger partial charge in [0, 0.05) is 13.1 Å². The minimum atomic E-state index is -0.0585. The van der Waals surface area contributed by atoms with Gasteiger partial charge < -0.3 is 10.0 Å². The van der Waals surface area contributed by atoms with Gasteiger partial charge in [-0.2, -0.15) is 0 Å². The highest BCUT2D eigenvalue weighted by Gasteiger charge is 2.33. The summed E-state index contributed by atoms with van der Waals surface area (Å²) in [5.41, 5.74) is 1.60. The molecule has 92 valence electrons. The van der Waals surface area contributed by atoms with E-state index in [1.54, 1.807) is 18.2 Å². The topological polar surface area (TPSA) is 40.5 Å². The first-order chi connectivity index (χ1) is 7.89. The molecule has 0 saturated carbocycles. The highest BCUT2D eigenvalue weighted by atomic mass is 16.3. The molecule has 3 nitrogen and oxygen atoms in total. The summed E-state index contributed by atoms with van der Waals surface area (Å²) in [5.74, 6) is 0.0158.